The van der Waals surface area contributed by atoms with Gasteiger partial charge in [0.2, 0.25) is 5.91 Å². The average Bonchev–Trinajstić information content (AvgIpc) is 2.78. The summed E-state index contributed by atoms with van der Waals surface area (Å²) in [6.45, 7) is 3.61. The van der Waals surface area contributed by atoms with Crippen LogP contribution in [0.2, 0.25) is 0 Å². The van der Waals surface area contributed by atoms with E-state index in [-0.39, 0.29) is 18.1 Å². The minimum absolute atomic E-state index is 0.145. The zero-order valence-corrected chi connectivity index (χ0v) is 15.0. The smallest absolute Gasteiger partial charge is 0.237 e. The molecule has 1 aliphatic rings. The van der Waals surface area contributed by atoms with E-state index in [1.807, 2.05) is 0 Å². The van der Waals surface area contributed by atoms with E-state index in [1.54, 1.807) is 39.1 Å². The molecule has 2 atom stereocenters. The number of amides is 1. The van der Waals surface area contributed by atoms with Crippen LogP contribution >= 0.6 is 0 Å². The van der Waals surface area contributed by atoms with Crippen molar-refractivity contribution in [1.82, 2.24) is 5.32 Å². The quantitative estimate of drug-likeness (QED) is 0.862. The maximum atomic E-state index is 14.7. The lowest BCUT2D eigenvalue weighted by molar-refractivity contribution is -0.123. The number of fused-ring (bicyclic) bond motifs is 1. The van der Waals surface area contributed by atoms with E-state index >= 15 is 0 Å². The monoisotopic (exact) mass is 360 g/mol. The van der Waals surface area contributed by atoms with Crippen LogP contribution in [-0.4, -0.2) is 30.7 Å². The second-order valence-corrected chi connectivity index (χ2v) is 7.06. The van der Waals surface area contributed by atoms with Crippen LogP contribution in [0.4, 0.5) is 14.5 Å². The van der Waals surface area contributed by atoms with Gasteiger partial charge in [-0.3, -0.25) is 9.69 Å². The molecule has 1 heterocycles. The second-order valence-electron chi connectivity index (χ2n) is 7.06. The van der Waals surface area contributed by atoms with Crippen molar-refractivity contribution in [2.75, 3.05) is 18.5 Å². The normalized spacial score (nSPS) is 17.9. The first-order valence-corrected chi connectivity index (χ1v) is 8.49. The van der Waals surface area contributed by atoms with Crippen molar-refractivity contribution in [1.29, 1.82) is 0 Å². The molecule has 1 aliphatic heterocycles. The zero-order valence-electron chi connectivity index (χ0n) is 15.0. The largest absolute Gasteiger partial charge is 0.389 e. The molecule has 0 spiro atoms. The Morgan fingerprint density at radius 3 is 2.54 bits per heavy atom. The number of likely N-dealkylation sites (N-methyl/N-ethyl adjacent to an activating group) is 1. The lowest BCUT2D eigenvalue weighted by Crippen LogP contribution is -2.45. The Morgan fingerprint density at radius 1 is 1.19 bits per heavy atom. The predicted octanol–water partition coefficient (Wildman–Crippen LogP) is 2.91. The number of carbonyl (C=O) groups excluding carboxylic acids is 1. The molecule has 2 aromatic rings. The summed E-state index contributed by atoms with van der Waals surface area (Å²) in [4.78, 5) is 14.5. The SMILES string of the molecule is CNC[C@@H](O)[C@H](c1cccc(F)c1)N1C(=O)C(C)(C)c2cccc(F)c21. The Labute approximate surface area is 151 Å². The highest BCUT2D eigenvalue weighted by Crippen LogP contribution is 2.47. The van der Waals surface area contributed by atoms with Gasteiger partial charge in [0.05, 0.1) is 23.2 Å². The number of hydrogen-bond acceptors (Lipinski definition) is 3. The zero-order chi connectivity index (χ0) is 19.1. The van der Waals surface area contributed by atoms with Gasteiger partial charge in [0, 0.05) is 6.54 Å². The molecule has 2 N–H and O–H groups in total. The summed E-state index contributed by atoms with van der Waals surface area (Å²) >= 11 is 0. The molecule has 1 amide bonds. The maximum Gasteiger partial charge on any atom is 0.237 e. The van der Waals surface area contributed by atoms with Crippen molar-refractivity contribution in [3.05, 3.63) is 65.2 Å². The maximum absolute atomic E-state index is 14.7. The number of halogens is 2. The molecule has 0 fully saturated rings. The summed E-state index contributed by atoms with van der Waals surface area (Å²) in [5.74, 6) is -1.36. The first-order chi connectivity index (χ1) is 12.3. The molecule has 3 rings (SSSR count). The van der Waals surface area contributed by atoms with Gasteiger partial charge in [-0.05, 0) is 50.2 Å². The van der Waals surface area contributed by atoms with Gasteiger partial charge in [-0.1, -0.05) is 24.3 Å². The molecule has 0 saturated heterocycles. The highest BCUT2D eigenvalue weighted by molar-refractivity contribution is 6.08. The standard InChI is InChI=1S/C20H22F2N2O2/c1-20(2)14-8-5-9-15(22)18(14)24(19(20)26)17(16(25)11-23-3)12-6-4-7-13(21)10-12/h4-10,16-17,23,25H,11H2,1-3H3/t16-,17+/m1/s1. The summed E-state index contributed by atoms with van der Waals surface area (Å²) < 4.78 is 28.5. The van der Waals surface area contributed by atoms with Gasteiger partial charge in [-0.25, -0.2) is 8.78 Å². The van der Waals surface area contributed by atoms with E-state index in [0.29, 0.717) is 11.1 Å². The third kappa shape index (κ3) is 2.89. The number of anilines is 1. The molecule has 2 aromatic carbocycles. The van der Waals surface area contributed by atoms with Gasteiger partial charge in [0.1, 0.15) is 11.6 Å². The summed E-state index contributed by atoms with van der Waals surface area (Å²) in [6, 6.07) is 9.34. The highest BCUT2D eigenvalue weighted by atomic mass is 19.1. The Kier molecular flexibility index (Phi) is 4.82. The molecule has 26 heavy (non-hydrogen) atoms. The third-order valence-electron chi connectivity index (χ3n) is 4.90. The van der Waals surface area contributed by atoms with Crippen LogP contribution in [0.3, 0.4) is 0 Å². The third-order valence-corrected chi connectivity index (χ3v) is 4.90. The number of rotatable bonds is 5. The van der Waals surface area contributed by atoms with Gasteiger partial charge < -0.3 is 10.4 Å². The first kappa shape index (κ1) is 18.5. The fourth-order valence-electron chi connectivity index (χ4n) is 3.60. The number of benzene rings is 2. The average molecular weight is 360 g/mol. The molecule has 0 radical (unpaired) electrons. The van der Waals surface area contributed by atoms with Gasteiger partial charge >= 0.3 is 0 Å². The van der Waals surface area contributed by atoms with E-state index in [9.17, 15) is 18.7 Å². The second kappa shape index (κ2) is 6.78. The number of nitrogens with one attached hydrogen (secondary N) is 1. The summed E-state index contributed by atoms with van der Waals surface area (Å²) in [5.41, 5.74) is 0.169. The summed E-state index contributed by atoms with van der Waals surface area (Å²) in [5, 5.41) is 13.6. The number of nitrogens with zero attached hydrogens (tertiary/aromatic N) is 1. The number of carbonyl (C=O) groups is 1. The Morgan fingerprint density at radius 2 is 1.88 bits per heavy atom. The Bertz CT molecular complexity index is 838. The predicted molar refractivity (Wildman–Crippen MR) is 96.0 cm³/mol. The molecule has 0 unspecified atom stereocenters. The topological polar surface area (TPSA) is 52.6 Å². The molecular weight excluding hydrogens is 338 g/mol. The fourth-order valence-corrected chi connectivity index (χ4v) is 3.60. The first-order valence-electron chi connectivity index (χ1n) is 8.49. The van der Waals surface area contributed by atoms with Crippen molar-refractivity contribution in [2.45, 2.75) is 31.4 Å². The van der Waals surface area contributed by atoms with Gasteiger partial charge in [-0.2, -0.15) is 0 Å². The van der Waals surface area contributed by atoms with Crippen molar-refractivity contribution in [3.63, 3.8) is 0 Å². The molecule has 6 heteroatoms. The van der Waals surface area contributed by atoms with Crippen LogP contribution in [0, 0.1) is 11.6 Å². The van der Waals surface area contributed by atoms with E-state index in [1.165, 1.54) is 29.2 Å². The van der Waals surface area contributed by atoms with Crippen LogP contribution < -0.4 is 10.2 Å². The van der Waals surface area contributed by atoms with E-state index in [4.69, 9.17) is 0 Å². The van der Waals surface area contributed by atoms with Crippen molar-refractivity contribution >= 4 is 11.6 Å². The number of para-hydroxylation sites is 1. The molecule has 138 valence electrons. The van der Waals surface area contributed by atoms with Crippen molar-refractivity contribution in [3.8, 4) is 0 Å². The van der Waals surface area contributed by atoms with Crippen LogP contribution in [0.5, 0.6) is 0 Å². The van der Waals surface area contributed by atoms with Crippen molar-refractivity contribution in [2.24, 2.45) is 0 Å². The van der Waals surface area contributed by atoms with Crippen LogP contribution in [-0.2, 0) is 10.2 Å². The molecule has 0 aromatic heterocycles. The number of aliphatic hydroxyl groups excluding tert-OH is 1. The lowest BCUT2D eigenvalue weighted by atomic mass is 9.86. The number of hydrogen-bond donors (Lipinski definition) is 2. The highest BCUT2D eigenvalue weighted by Gasteiger charge is 2.49. The molecule has 0 bridgehead atoms. The van der Waals surface area contributed by atoms with Crippen LogP contribution in [0.15, 0.2) is 42.5 Å². The Balaban J connectivity index is 2.20. The number of aliphatic hydroxyl groups is 1. The summed E-state index contributed by atoms with van der Waals surface area (Å²) in [7, 11) is 1.66. The van der Waals surface area contributed by atoms with Crippen LogP contribution in [0.25, 0.3) is 0 Å². The van der Waals surface area contributed by atoms with Gasteiger partial charge in [0.25, 0.3) is 0 Å². The minimum atomic E-state index is -1.05. The van der Waals surface area contributed by atoms with Gasteiger partial charge in [-0.15, -0.1) is 0 Å². The van der Waals surface area contributed by atoms with Crippen LogP contribution in [0.1, 0.15) is 31.0 Å². The molecule has 4 nitrogen and oxygen atoms in total. The minimum Gasteiger partial charge on any atom is -0.389 e. The Hall–Kier alpha value is -2.31. The fraction of sp³-hybridized carbons (Fsp3) is 0.350. The molecular formula is C20H22F2N2O2. The lowest BCUT2D eigenvalue weighted by Gasteiger charge is -2.34. The van der Waals surface area contributed by atoms with E-state index in [2.05, 4.69) is 5.32 Å². The summed E-state index contributed by atoms with van der Waals surface area (Å²) in [6.07, 6.45) is -1.05. The van der Waals surface area contributed by atoms with E-state index < -0.39 is 29.2 Å². The van der Waals surface area contributed by atoms with Crippen molar-refractivity contribution < 1.29 is 18.7 Å². The van der Waals surface area contributed by atoms with Gasteiger partial charge in [0.15, 0.2) is 0 Å². The van der Waals surface area contributed by atoms with E-state index in [0.717, 1.165) is 0 Å². The molecule has 0 saturated carbocycles. The molecule has 0 aliphatic carbocycles.